The van der Waals surface area contributed by atoms with Crippen molar-refractivity contribution in [3.05, 3.63) is 12.2 Å². The minimum absolute atomic E-state index is 0.119. The van der Waals surface area contributed by atoms with Gasteiger partial charge in [-0.3, -0.25) is 4.79 Å². The second-order valence-electron chi connectivity index (χ2n) is 3.35. The number of Topliss-reactive ketones (excluding diaryl/α,β-unsaturated/α-hetero) is 1. The van der Waals surface area contributed by atoms with Crippen LogP contribution < -0.4 is 0 Å². The van der Waals surface area contributed by atoms with Gasteiger partial charge in [-0.15, -0.1) is 0 Å². The third-order valence-corrected chi connectivity index (χ3v) is 2.75. The summed E-state index contributed by atoms with van der Waals surface area (Å²) >= 11 is 0. The Morgan fingerprint density at radius 2 is 2.50 bits per heavy atom. The van der Waals surface area contributed by atoms with Crippen molar-refractivity contribution in [2.24, 2.45) is 11.3 Å². The highest BCUT2D eigenvalue weighted by molar-refractivity contribution is 6.08. The van der Waals surface area contributed by atoms with E-state index < -0.39 is 0 Å². The average Bonchev–Trinajstić information content (AvgIpc) is 2.65. The van der Waals surface area contributed by atoms with Crippen LogP contribution in [0.2, 0.25) is 0 Å². The molecule has 0 saturated heterocycles. The first-order valence-electron chi connectivity index (χ1n) is 3.54. The number of rotatable bonds is 1. The number of ketones is 1. The zero-order chi connectivity index (χ0) is 7.35. The van der Waals surface area contributed by atoms with Crippen LogP contribution in [-0.2, 0) is 4.79 Å². The van der Waals surface area contributed by atoms with Crippen LogP contribution >= 0.6 is 0 Å². The number of allylic oxidation sites excluding steroid dienone is 1. The zero-order valence-corrected chi connectivity index (χ0v) is 5.76. The molecular weight excluding hydrogens is 128 g/mol. The van der Waals surface area contributed by atoms with Gasteiger partial charge in [-0.25, -0.2) is 0 Å². The molecule has 2 nitrogen and oxygen atoms in total. The van der Waals surface area contributed by atoms with Crippen molar-refractivity contribution in [3.8, 4) is 0 Å². The van der Waals surface area contributed by atoms with Gasteiger partial charge in [0.1, 0.15) is 0 Å². The van der Waals surface area contributed by atoms with Gasteiger partial charge in [-0.1, -0.05) is 6.58 Å². The van der Waals surface area contributed by atoms with Crippen LogP contribution in [0, 0.1) is 11.3 Å². The monoisotopic (exact) mass is 138 g/mol. The predicted molar refractivity (Wildman–Crippen MR) is 36.4 cm³/mol. The molecule has 0 radical (unpaired) electrons. The topological polar surface area (TPSA) is 37.3 Å². The highest BCUT2D eigenvalue weighted by Crippen LogP contribution is 2.64. The summed E-state index contributed by atoms with van der Waals surface area (Å²) in [5.41, 5.74) is 0.627. The molecule has 0 amide bonds. The summed E-state index contributed by atoms with van der Waals surface area (Å²) in [5, 5.41) is 8.73. The van der Waals surface area contributed by atoms with Crippen LogP contribution in [0.5, 0.6) is 0 Å². The molecular formula is C8H10O2. The minimum Gasteiger partial charge on any atom is -0.396 e. The Labute approximate surface area is 59.5 Å². The van der Waals surface area contributed by atoms with Crippen molar-refractivity contribution in [2.45, 2.75) is 12.8 Å². The lowest BCUT2D eigenvalue weighted by Crippen LogP contribution is -2.32. The van der Waals surface area contributed by atoms with Crippen molar-refractivity contribution in [1.29, 1.82) is 0 Å². The van der Waals surface area contributed by atoms with Crippen LogP contribution in [0.4, 0.5) is 0 Å². The summed E-state index contributed by atoms with van der Waals surface area (Å²) in [6, 6.07) is 0. The summed E-state index contributed by atoms with van der Waals surface area (Å²) in [6.45, 7) is 3.78. The maximum Gasteiger partial charge on any atom is 0.165 e. The van der Waals surface area contributed by atoms with Crippen molar-refractivity contribution in [1.82, 2.24) is 0 Å². The van der Waals surface area contributed by atoms with Gasteiger partial charge in [0.25, 0.3) is 0 Å². The van der Waals surface area contributed by atoms with Gasteiger partial charge in [-0.05, 0) is 24.3 Å². The summed E-state index contributed by atoms with van der Waals surface area (Å²) in [7, 11) is 0. The number of hydrogen-bond donors (Lipinski definition) is 1. The van der Waals surface area contributed by atoms with E-state index in [9.17, 15) is 4.79 Å². The number of carbonyl (C=O) groups is 1. The first kappa shape index (κ1) is 6.10. The first-order chi connectivity index (χ1) is 4.70. The van der Waals surface area contributed by atoms with Gasteiger partial charge < -0.3 is 5.11 Å². The second-order valence-corrected chi connectivity index (χ2v) is 3.35. The number of carbonyl (C=O) groups excluding carboxylic acids is 1. The van der Waals surface area contributed by atoms with Crippen molar-refractivity contribution < 1.29 is 9.90 Å². The Balaban J connectivity index is 2.12. The fourth-order valence-electron chi connectivity index (χ4n) is 1.90. The molecule has 2 saturated carbocycles. The maximum absolute atomic E-state index is 11.1. The molecule has 2 fully saturated rings. The second kappa shape index (κ2) is 1.51. The molecule has 0 unspecified atom stereocenters. The fourth-order valence-corrected chi connectivity index (χ4v) is 1.90. The number of aliphatic hydroxyl groups is 1. The Kier molecular flexibility index (Phi) is 0.920. The molecule has 10 heavy (non-hydrogen) atoms. The summed E-state index contributed by atoms with van der Waals surface area (Å²) < 4.78 is 0. The molecule has 0 aromatic rings. The fraction of sp³-hybridized carbons (Fsp3) is 0.625. The van der Waals surface area contributed by atoms with Crippen LogP contribution in [-0.4, -0.2) is 17.5 Å². The van der Waals surface area contributed by atoms with Gasteiger partial charge in [0.15, 0.2) is 5.78 Å². The molecule has 2 rings (SSSR count). The maximum atomic E-state index is 11.1. The van der Waals surface area contributed by atoms with Crippen LogP contribution in [0.1, 0.15) is 12.8 Å². The lowest BCUT2D eigenvalue weighted by Gasteiger charge is -2.27. The molecule has 0 heterocycles. The van der Waals surface area contributed by atoms with Crippen molar-refractivity contribution >= 4 is 5.78 Å². The molecule has 1 spiro atoms. The van der Waals surface area contributed by atoms with Gasteiger partial charge in [0, 0.05) is 12.0 Å². The minimum atomic E-state index is -0.119. The lowest BCUT2D eigenvalue weighted by atomic mass is 9.74. The smallest absolute Gasteiger partial charge is 0.165 e. The molecule has 0 aromatic carbocycles. The van der Waals surface area contributed by atoms with E-state index in [-0.39, 0.29) is 23.7 Å². The Morgan fingerprint density at radius 3 is 2.80 bits per heavy atom. The van der Waals surface area contributed by atoms with Gasteiger partial charge in [0.05, 0.1) is 0 Å². The lowest BCUT2D eigenvalue weighted by molar-refractivity contribution is -0.125. The molecule has 1 N–H and O–H groups in total. The third kappa shape index (κ3) is 0.465. The van der Waals surface area contributed by atoms with Crippen LogP contribution in [0.25, 0.3) is 0 Å². The molecule has 0 aliphatic heterocycles. The number of aliphatic hydroxyl groups excluding tert-OH is 1. The average molecular weight is 138 g/mol. The van der Waals surface area contributed by atoms with E-state index in [0.717, 1.165) is 18.4 Å². The molecule has 2 atom stereocenters. The SMILES string of the molecule is C=C1C[C@]2(C[C@H]2CO)C1=O. The van der Waals surface area contributed by atoms with E-state index in [1.54, 1.807) is 0 Å². The highest BCUT2D eigenvalue weighted by atomic mass is 16.3. The Hall–Kier alpha value is -0.630. The first-order valence-corrected chi connectivity index (χ1v) is 3.54. The van der Waals surface area contributed by atoms with Gasteiger partial charge in [0.2, 0.25) is 0 Å². The molecule has 2 aliphatic carbocycles. The molecule has 54 valence electrons. The number of hydrogen-bond acceptors (Lipinski definition) is 2. The molecule has 2 heteroatoms. The van der Waals surface area contributed by atoms with E-state index in [2.05, 4.69) is 6.58 Å². The van der Waals surface area contributed by atoms with E-state index in [0.29, 0.717) is 0 Å². The molecule has 0 aromatic heterocycles. The zero-order valence-electron chi connectivity index (χ0n) is 5.76. The van der Waals surface area contributed by atoms with Crippen molar-refractivity contribution in [3.63, 3.8) is 0 Å². The third-order valence-electron chi connectivity index (χ3n) is 2.75. The van der Waals surface area contributed by atoms with Gasteiger partial charge in [-0.2, -0.15) is 0 Å². The largest absolute Gasteiger partial charge is 0.396 e. The van der Waals surface area contributed by atoms with E-state index >= 15 is 0 Å². The van der Waals surface area contributed by atoms with E-state index in [1.807, 2.05) is 0 Å². The van der Waals surface area contributed by atoms with Crippen LogP contribution in [0.15, 0.2) is 12.2 Å². The summed E-state index contributed by atoms with van der Waals surface area (Å²) in [5.74, 6) is 0.456. The van der Waals surface area contributed by atoms with E-state index in [1.165, 1.54) is 0 Å². The quantitative estimate of drug-likeness (QED) is 0.536. The molecule has 0 bridgehead atoms. The predicted octanol–water partition coefficient (Wildman–Crippen LogP) is 0.514. The Bertz CT molecular complexity index is 219. The molecule has 2 aliphatic rings. The standard InChI is InChI=1S/C8H10O2/c1-5-2-8(7(5)10)3-6(8)4-9/h6,9H,1-4H2/t6-,8+/m0/s1. The van der Waals surface area contributed by atoms with Crippen LogP contribution in [0.3, 0.4) is 0 Å². The summed E-state index contributed by atoms with van der Waals surface area (Å²) in [6.07, 6.45) is 1.72. The Morgan fingerprint density at radius 1 is 1.80 bits per heavy atom. The van der Waals surface area contributed by atoms with Gasteiger partial charge >= 0.3 is 0 Å². The van der Waals surface area contributed by atoms with Crippen molar-refractivity contribution in [2.75, 3.05) is 6.61 Å². The van der Waals surface area contributed by atoms with E-state index in [4.69, 9.17) is 5.11 Å². The highest BCUT2D eigenvalue weighted by Gasteiger charge is 2.65. The normalized spacial score (nSPS) is 43.9. The summed E-state index contributed by atoms with van der Waals surface area (Å²) in [4.78, 5) is 11.1.